The van der Waals surface area contributed by atoms with Gasteiger partial charge in [0, 0.05) is 0 Å². The molecule has 0 amide bonds. The lowest BCUT2D eigenvalue weighted by Crippen LogP contribution is -2.20. The zero-order valence-corrected chi connectivity index (χ0v) is 18.4. The Hall–Kier alpha value is -1.60. The van der Waals surface area contributed by atoms with Crippen LogP contribution < -0.4 is 9.47 Å². The van der Waals surface area contributed by atoms with Crippen LogP contribution in [0.5, 0.6) is 11.5 Å². The van der Waals surface area contributed by atoms with E-state index in [1.54, 1.807) is 13.2 Å². The first-order valence-electron chi connectivity index (χ1n) is 10.9. The molecule has 0 aromatic heterocycles. The summed E-state index contributed by atoms with van der Waals surface area (Å²) in [6.07, 6.45) is 8.03. The monoisotopic (exact) mass is 414 g/mol. The second-order valence-corrected chi connectivity index (χ2v) is 9.14. The van der Waals surface area contributed by atoms with Crippen molar-refractivity contribution < 1.29 is 13.9 Å². The zero-order valence-electron chi connectivity index (χ0n) is 17.3. The fraction of sp³-hybridized carbons (Fsp3) is 0.520. The number of hydrogen-bond acceptors (Lipinski definition) is 2. The summed E-state index contributed by atoms with van der Waals surface area (Å²) < 4.78 is 25.7. The van der Waals surface area contributed by atoms with E-state index >= 15 is 0 Å². The molecule has 0 bridgehead atoms. The molecule has 0 radical (unpaired) electrons. The van der Waals surface area contributed by atoms with Gasteiger partial charge in [0.05, 0.1) is 13.7 Å². The third-order valence-corrected chi connectivity index (χ3v) is 7.21. The Bertz CT molecular complexity index is 812. The van der Waals surface area contributed by atoms with Crippen LogP contribution in [0, 0.1) is 17.7 Å². The molecule has 2 aromatic rings. The Kier molecular flexibility index (Phi) is 6.75. The normalized spacial score (nSPS) is 22.9. The first-order chi connectivity index (χ1) is 14.2. The highest BCUT2D eigenvalue weighted by molar-refractivity contribution is 7.16. The smallest absolute Gasteiger partial charge is 0.126 e. The number of hydrogen-bond donors (Lipinski definition) is 0. The van der Waals surface area contributed by atoms with Gasteiger partial charge in [-0.25, -0.2) is 4.39 Å². The standard InChI is InChI=1S/C25H32FO2P/c1-27-21-11-12-25(26)23(14-21)18-7-5-17(6-8-18)15-28-22-4-2-3-20(13-22)24(16-29)19-9-10-19/h2-4,11-14,17-19,24H,5-10,15-16,29H2,1H3/t17?,18?,24-/m1/s1. The molecular formula is C25H32FO2P. The van der Waals surface area contributed by atoms with Crippen molar-refractivity contribution in [2.75, 3.05) is 19.9 Å². The van der Waals surface area contributed by atoms with Crippen molar-refractivity contribution in [1.29, 1.82) is 0 Å². The predicted octanol–water partition coefficient (Wildman–Crippen LogP) is 6.56. The van der Waals surface area contributed by atoms with Crippen LogP contribution in [-0.2, 0) is 0 Å². The molecule has 29 heavy (non-hydrogen) atoms. The van der Waals surface area contributed by atoms with Gasteiger partial charge in [0.2, 0.25) is 0 Å². The van der Waals surface area contributed by atoms with Gasteiger partial charge in [-0.05, 0) is 110 Å². The van der Waals surface area contributed by atoms with Gasteiger partial charge in [-0.3, -0.25) is 0 Å². The molecule has 0 aliphatic heterocycles. The van der Waals surface area contributed by atoms with Crippen molar-refractivity contribution in [1.82, 2.24) is 0 Å². The van der Waals surface area contributed by atoms with E-state index in [4.69, 9.17) is 9.47 Å². The molecule has 1 unspecified atom stereocenters. The molecule has 0 heterocycles. The van der Waals surface area contributed by atoms with Crippen LogP contribution >= 0.6 is 9.24 Å². The fourth-order valence-electron chi connectivity index (χ4n) is 4.75. The van der Waals surface area contributed by atoms with E-state index in [-0.39, 0.29) is 11.7 Å². The fourth-order valence-corrected chi connectivity index (χ4v) is 5.41. The summed E-state index contributed by atoms with van der Waals surface area (Å²) in [5, 5.41) is 0. The SMILES string of the molecule is COc1ccc(F)c(C2CCC(COc3cccc([C@H](CP)C4CC4)c3)CC2)c1. The second-order valence-electron chi connectivity index (χ2n) is 8.67. The summed E-state index contributed by atoms with van der Waals surface area (Å²) >= 11 is 0. The van der Waals surface area contributed by atoms with Crippen LogP contribution in [-0.4, -0.2) is 19.9 Å². The largest absolute Gasteiger partial charge is 0.497 e. The first-order valence-corrected chi connectivity index (χ1v) is 11.8. The minimum absolute atomic E-state index is 0.110. The average molecular weight is 415 g/mol. The van der Waals surface area contributed by atoms with E-state index in [2.05, 4.69) is 33.5 Å². The number of benzene rings is 2. The summed E-state index contributed by atoms with van der Waals surface area (Å²) in [7, 11) is 4.54. The molecule has 0 N–H and O–H groups in total. The van der Waals surface area contributed by atoms with Gasteiger partial charge < -0.3 is 9.47 Å². The van der Waals surface area contributed by atoms with Gasteiger partial charge in [0.25, 0.3) is 0 Å². The molecule has 0 spiro atoms. The van der Waals surface area contributed by atoms with Gasteiger partial charge in [-0.15, -0.1) is 9.24 Å². The van der Waals surface area contributed by atoms with Crippen LogP contribution in [0.25, 0.3) is 0 Å². The maximum absolute atomic E-state index is 14.3. The van der Waals surface area contributed by atoms with Crippen LogP contribution in [0.1, 0.15) is 61.5 Å². The molecule has 2 aliphatic carbocycles. The van der Waals surface area contributed by atoms with Crippen molar-refractivity contribution in [2.24, 2.45) is 11.8 Å². The van der Waals surface area contributed by atoms with E-state index in [1.165, 1.54) is 24.5 Å². The number of rotatable bonds is 8. The predicted molar refractivity (Wildman–Crippen MR) is 120 cm³/mol. The lowest BCUT2D eigenvalue weighted by atomic mass is 9.79. The van der Waals surface area contributed by atoms with E-state index in [1.807, 2.05) is 6.07 Å². The first kappa shape index (κ1) is 20.7. The third-order valence-electron chi connectivity index (χ3n) is 6.71. The summed E-state index contributed by atoms with van der Waals surface area (Å²) in [4.78, 5) is 0. The topological polar surface area (TPSA) is 18.5 Å². The highest BCUT2D eigenvalue weighted by atomic mass is 31.0. The van der Waals surface area contributed by atoms with Crippen molar-refractivity contribution in [3.8, 4) is 11.5 Å². The lowest BCUT2D eigenvalue weighted by molar-refractivity contribution is 0.199. The molecule has 0 saturated heterocycles. The summed E-state index contributed by atoms with van der Waals surface area (Å²) in [5.74, 6) is 3.96. The van der Waals surface area contributed by atoms with Gasteiger partial charge in [0.15, 0.2) is 0 Å². The number of ether oxygens (including phenoxy) is 2. The Morgan fingerprint density at radius 1 is 1.00 bits per heavy atom. The van der Waals surface area contributed by atoms with Crippen molar-refractivity contribution in [2.45, 2.75) is 50.4 Å². The van der Waals surface area contributed by atoms with Crippen molar-refractivity contribution in [3.05, 3.63) is 59.4 Å². The van der Waals surface area contributed by atoms with Crippen molar-refractivity contribution >= 4 is 9.24 Å². The number of halogens is 1. The summed E-state index contributed by atoms with van der Waals surface area (Å²) in [5.41, 5.74) is 2.22. The maximum atomic E-state index is 14.3. The van der Waals surface area contributed by atoms with E-state index in [0.29, 0.717) is 11.8 Å². The Morgan fingerprint density at radius 3 is 2.48 bits per heavy atom. The van der Waals surface area contributed by atoms with E-state index in [0.717, 1.165) is 61.4 Å². The van der Waals surface area contributed by atoms with Crippen LogP contribution in [0.3, 0.4) is 0 Å². The van der Waals surface area contributed by atoms with Gasteiger partial charge in [0.1, 0.15) is 17.3 Å². The number of methoxy groups -OCH3 is 1. The summed E-state index contributed by atoms with van der Waals surface area (Å²) in [6, 6.07) is 13.8. The molecule has 156 valence electrons. The Balaban J connectivity index is 1.30. The van der Waals surface area contributed by atoms with Gasteiger partial charge in [-0.2, -0.15) is 0 Å². The highest BCUT2D eigenvalue weighted by Gasteiger charge is 2.31. The van der Waals surface area contributed by atoms with Gasteiger partial charge in [-0.1, -0.05) is 12.1 Å². The molecule has 4 rings (SSSR count). The maximum Gasteiger partial charge on any atom is 0.126 e. The minimum Gasteiger partial charge on any atom is -0.497 e. The van der Waals surface area contributed by atoms with E-state index < -0.39 is 0 Å². The molecular weight excluding hydrogens is 382 g/mol. The molecule has 2 atom stereocenters. The second kappa shape index (κ2) is 9.47. The quantitative estimate of drug-likeness (QED) is 0.456. The van der Waals surface area contributed by atoms with E-state index in [9.17, 15) is 4.39 Å². The van der Waals surface area contributed by atoms with Crippen LogP contribution in [0.2, 0.25) is 0 Å². The van der Waals surface area contributed by atoms with Crippen LogP contribution in [0.15, 0.2) is 42.5 Å². The highest BCUT2D eigenvalue weighted by Crippen LogP contribution is 2.44. The lowest BCUT2D eigenvalue weighted by Gasteiger charge is -2.29. The average Bonchev–Trinajstić information content (AvgIpc) is 3.59. The Morgan fingerprint density at radius 2 is 1.79 bits per heavy atom. The Labute approximate surface area is 176 Å². The van der Waals surface area contributed by atoms with Crippen LogP contribution in [0.4, 0.5) is 4.39 Å². The van der Waals surface area contributed by atoms with Crippen molar-refractivity contribution in [3.63, 3.8) is 0 Å². The molecule has 2 aromatic carbocycles. The molecule has 4 heteroatoms. The molecule has 2 nitrogen and oxygen atoms in total. The van der Waals surface area contributed by atoms with Gasteiger partial charge >= 0.3 is 0 Å². The summed E-state index contributed by atoms with van der Waals surface area (Å²) in [6.45, 7) is 0.756. The zero-order chi connectivity index (χ0) is 20.2. The third kappa shape index (κ3) is 5.12. The molecule has 2 aliphatic rings. The molecule has 2 fully saturated rings. The molecule has 2 saturated carbocycles. The minimum atomic E-state index is -0.110.